The van der Waals surface area contributed by atoms with Crippen LogP contribution in [0.5, 0.6) is 0 Å². The Bertz CT molecular complexity index is 2080. The fraction of sp³-hybridized carbons (Fsp3) is 0.385. The van der Waals surface area contributed by atoms with Gasteiger partial charge in [0.1, 0.15) is 17.7 Å². The lowest BCUT2D eigenvalue weighted by Crippen LogP contribution is -2.51. The maximum atomic E-state index is 14.5. The van der Waals surface area contributed by atoms with E-state index >= 15 is 0 Å². The summed E-state index contributed by atoms with van der Waals surface area (Å²) in [4.78, 5) is 63.9. The summed E-state index contributed by atoms with van der Waals surface area (Å²) < 4.78 is 48.2. The second kappa shape index (κ2) is 18.0. The summed E-state index contributed by atoms with van der Waals surface area (Å²) in [5.74, 6) is -0.0403. The van der Waals surface area contributed by atoms with Gasteiger partial charge in [0, 0.05) is 44.1 Å². The molecule has 6 N–H and O–H groups in total. The number of hydrogen-bond donors (Lipinski definition) is 6. The number of H-pyrrole nitrogens is 1. The maximum absolute atomic E-state index is 14.5. The third-order valence-electron chi connectivity index (χ3n) is 9.47. The molecule has 5 rings (SSSR count). The van der Waals surface area contributed by atoms with Crippen LogP contribution < -0.4 is 26.6 Å². The zero-order valence-corrected chi connectivity index (χ0v) is 32.9. The molecule has 0 aliphatic carbocycles. The molecular formula is C39H45ClF3N9O5. The highest BCUT2D eigenvalue weighted by Gasteiger charge is 2.40. The number of methoxy groups -OCH3 is 1. The number of ether oxygens (including phenoxy) is 1. The van der Waals surface area contributed by atoms with E-state index in [0.717, 1.165) is 12.1 Å². The minimum Gasteiger partial charge on any atom is -0.453 e. The number of anilines is 2. The summed E-state index contributed by atoms with van der Waals surface area (Å²) in [5, 5.41) is 13.2. The second-order valence-electron chi connectivity index (χ2n) is 14.2. The molecule has 57 heavy (non-hydrogen) atoms. The number of aromatic nitrogens is 3. The van der Waals surface area contributed by atoms with Crippen LogP contribution in [0.2, 0.25) is 5.02 Å². The van der Waals surface area contributed by atoms with Crippen LogP contribution in [0.4, 0.5) is 34.3 Å². The topological polar surface area (TPSA) is 182 Å². The number of halogens is 4. The number of aromatic amines is 1. The summed E-state index contributed by atoms with van der Waals surface area (Å²) in [7, 11) is 2.73. The molecule has 0 unspecified atom stereocenters. The number of urea groups is 1. The first kappa shape index (κ1) is 42.3. The summed E-state index contributed by atoms with van der Waals surface area (Å²) in [6.07, 6.45) is -1.92. The first-order valence-electron chi connectivity index (χ1n) is 18.2. The van der Waals surface area contributed by atoms with Crippen molar-refractivity contribution >= 4 is 47.0 Å². The summed E-state index contributed by atoms with van der Waals surface area (Å²) in [6.45, 7) is 8.29. The molecule has 1 aliphatic rings. The molecule has 2 aromatic heterocycles. The Hall–Kier alpha value is -5.84. The minimum absolute atomic E-state index is 0.0833. The predicted molar refractivity (Wildman–Crippen MR) is 210 cm³/mol. The van der Waals surface area contributed by atoms with Gasteiger partial charge in [0.2, 0.25) is 5.91 Å². The van der Waals surface area contributed by atoms with E-state index in [1.807, 2.05) is 20.8 Å². The Morgan fingerprint density at radius 1 is 1.04 bits per heavy atom. The van der Waals surface area contributed by atoms with Gasteiger partial charge in [-0.1, -0.05) is 56.6 Å². The number of alkyl carbamates (subject to hydrolysis) is 1. The molecule has 18 heteroatoms. The largest absolute Gasteiger partial charge is 0.453 e. The zero-order valence-electron chi connectivity index (χ0n) is 32.2. The molecule has 3 heterocycles. The van der Waals surface area contributed by atoms with E-state index in [1.54, 1.807) is 30.2 Å². The van der Waals surface area contributed by atoms with Crippen molar-refractivity contribution < 1.29 is 37.1 Å². The molecule has 0 saturated carbocycles. The molecule has 1 fully saturated rings. The van der Waals surface area contributed by atoms with Crippen molar-refractivity contribution in [3.05, 3.63) is 82.9 Å². The number of hydrogen-bond acceptors (Lipinski definition) is 8. The monoisotopic (exact) mass is 811 g/mol. The Balaban J connectivity index is 1.31. The summed E-state index contributed by atoms with van der Waals surface area (Å²) >= 11 is 6.47. The van der Waals surface area contributed by atoms with Crippen molar-refractivity contribution in [2.75, 3.05) is 37.9 Å². The van der Waals surface area contributed by atoms with Crippen LogP contribution in [0.15, 0.2) is 60.9 Å². The number of imidazole rings is 1. The fourth-order valence-electron chi connectivity index (χ4n) is 6.48. The third-order valence-corrected chi connectivity index (χ3v) is 9.78. The van der Waals surface area contributed by atoms with Gasteiger partial charge in [0.05, 0.1) is 40.7 Å². The van der Waals surface area contributed by atoms with Gasteiger partial charge in [0.25, 0.3) is 5.91 Å². The Labute approximate surface area is 332 Å². The normalized spacial score (nSPS) is 16.4. The number of nitrogens with zero attached hydrogens (tertiary/aromatic N) is 3. The molecule has 0 radical (unpaired) electrons. The molecule has 1 saturated heterocycles. The van der Waals surface area contributed by atoms with E-state index in [9.17, 15) is 32.3 Å². The van der Waals surface area contributed by atoms with E-state index in [1.165, 1.54) is 44.6 Å². The van der Waals surface area contributed by atoms with E-state index in [4.69, 9.17) is 21.3 Å². The highest BCUT2D eigenvalue weighted by Crippen LogP contribution is 2.42. The van der Waals surface area contributed by atoms with Crippen LogP contribution in [0.1, 0.15) is 61.9 Å². The number of rotatable bonds is 12. The quantitative estimate of drug-likeness (QED) is 0.0878. The van der Waals surface area contributed by atoms with Crippen LogP contribution in [0, 0.1) is 11.8 Å². The number of amides is 5. The molecule has 2 aromatic carbocycles. The average molecular weight is 812 g/mol. The van der Waals surface area contributed by atoms with Crippen LogP contribution in [-0.2, 0) is 15.7 Å². The molecule has 0 bridgehead atoms. The SMILES string of the molecule is CNC(=O)N[C@@H](C)CNc1ccc(C(=O)Nc2cc(C(F)(F)F)c(-c3ccc(-c4c[nH]c([C@@H]5C[C@H](C)CN5C(=O)[C@@H](NC(=O)OC)C(C)C)n4)cc3)cc2Cl)cn1. The van der Waals surface area contributed by atoms with Gasteiger partial charge >= 0.3 is 18.3 Å². The molecule has 1 aliphatic heterocycles. The third kappa shape index (κ3) is 10.3. The van der Waals surface area contributed by atoms with Crippen LogP contribution >= 0.6 is 11.6 Å². The van der Waals surface area contributed by atoms with Crippen molar-refractivity contribution in [2.45, 2.75) is 58.4 Å². The second-order valence-corrected chi connectivity index (χ2v) is 14.6. The van der Waals surface area contributed by atoms with Gasteiger partial charge in [-0.3, -0.25) is 9.59 Å². The van der Waals surface area contributed by atoms with Crippen molar-refractivity contribution in [1.29, 1.82) is 0 Å². The number of carbonyl (C=O) groups is 4. The Kier molecular flexibility index (Phi) is 13.3. The van der Waals surface area contributed by atoms with Crippen LogP contribution in [0.25, 0.3) is 22.4 Å². The van der Waals surface area contributed by atoms with Crippen LogP contribution in [-0.4, -0.2) is 83.1 Å². The Morgan fingerprint density at radius 3 is 2.35 bits per heavy atom. The van der Waals surface area contributed by atoms with Gasteiger partial charge in [-0.25, -0.2) is 19.6 Å². The van der Waals surface area contributed by atoms with Gasteiger partial charge in [-0.15, -0.1) is 0 Å². The van der Waals surface area contributed by atoms with Crippen molar-refractivity contribution in [3.63, 3.8) is 0 Å². The highest BCUT2D eigenvalue weighted by molar-refractivity contribution is 6.34. The van der Waals surface area contributed by atoms with Crippen molar-refractivity contribution in [3.8, 4) is 22.4 Å². The fourth-order valence-corrected chi connectivity index (χ4v) is 6.69. The number of nitrogens with one attached hydrogen (secondary N) is 6. The number of alkyl halides is 3. The first-order chi connectivity index (χ1) is 27.0. The molecule has 304 valence electrons. The summed E-state index contributed by atoms with van der Waals surface area (Å²) in [6, 6.07) is 9.52. The molecular weight excluding hydrogens is 767 g/mol. The smallest absolute Gasteiger partial charge is 0.417 e. The molecule has 4 aromatic rings. The zero-order chi connectivity index (χ0) is 41.6. The lowest BCUT2D eigenvalue weighted by Gasteiger charge is -2.30. The number of benzene rings is 2. The standard InChI is InChI=1S/C39H45ClF3N9O5/c1-20(2)33(51-38(56)57-6)36(54)52-19-21(3)13-31(52)34-47-18-30(49-34)24-9-7-23(8-10-24)26-14-28(40)29(15-27(26)39(41,42)43)50-35(53)25-11-12-32(46-17-25)45-16-22(4)48-37(55)44-5/h7-12,14-15,17-18,20-22,31,33H,13,16,19H2,1-6H3,(H,45,46)(H,47,49)(H,50,53)(H,51,56)(H2,44,48,55)/t21-,22-,31-,33-/m0/s1. The minimum atomic E-state index is -4.80. The Morgan fingerprint density at radius 2 is 1.74 bits per heavy atom. The lowest BCUT2D eigenvalue weighted by molar-refractivity contribution is -0.137. The highest BCUT2D eigenvalue weighted by atomic mass is 35.5. The van der Waals surface area contributed by atoms with Gasteiger partial charge < -0.3 is 41.2 Å². The molecule has 14 nitrogen and oxygen atoms in total. The predicted octanol–water partition coefficient (Wildman–Crippen LogP) is 7.08. The number of likely N-dealkylation sites (tertiary alicyclic amines) is 1. The maximum Gasteiger partial charge on any atom is 0.417 e. The van der Waals surface area contributed by atoms with E-state index in [2.05, 4.69) is 36.6 Å². The molecule has 0 spiro atoms. The van der Waals surface area contributed by atoms with Crippen molar-refractivity contribution in [1.82, 2.24) is 35.8 Å². The van der Waals surface area contributed by atoms with E-state index in [0.29, 0.717) is 42.4 Å². The first-order valence-corrected chi connectivity index (χ1v) is 18.6. The van der Waals surface area contributed by atoms with E-state index in [-0.39, 0.29) is 63.3 Å². The number of carbonyl (C=O) groups excluding carboxylic acids is 4. The van der Waals surface area contributed by atoms with Gasteiger partial charge in [-0.05, 0) is 60.6 Å². The van der Waals surface area contributed by atoms with E-state index < -0.39 is 29.8 Å². The molecule has 5 amide bonds. The number of pyridine rings is 1. The summed E-state index contributed by atoms with van der Waals surface area (Å²) in [5.41, 5.74) is 0.0277. The average Bonchev–Trinajstić information content (AvgIpc) is 3.83. The van der Waals surface area contributed by atoms with Crippen molar-refractivity contribution in [2.24, 2.45) is 11.8 Å². The lowest BCUT2D eigenvalue weighted by atomic mass is 9.97. The van der Waals surface area contributed by atoms with Crippen LogP contribution in [0.3, 0.4) is 0 Å². The van der Waals surface area contributed by atoms with Gasteiger partial charge in [-0.2, -0.15) is 13.2 Å². The molecule has 4 atom stereocenters. The van der Waals surface area contributed by atoms with Gasteiger partial charge in [0.15, 0.2) is 0 Å².